The molecule has 0 radical (unpaired) electrons. The van der Waals surface area contributed by atoms with E-state index < -0.39 is 8.07 Å². The molecule has 3 nitrogen and oxygen atoms in total. The van der Waals surface area contributed by atoms with Crippen LogP contribution >= 0.6 is 23.0 Å². The van der Waals surface area contributed by atoms with Gasteiger partial charge in [0.05, 0.1) is 5.56 Å². The summed E-state index contributed by atoms with van der Waals surface area (Å²) in [6.07, 6.45) is 0. The van der Waals surface area contributed by atoms with E-state index in [4.69, 9.17) is 3.17 Å². The van der Waals surface area contributed by atoms with E-state index in [9.17, 15) is 5.21 Å². The molecule has 0 atom stereocenters. The minimum Gasteiger partial charge on any atom is -0.263 e. The molecule has 16 heavy (non-hydrogen) atoms. The van der Waals surface area contributed by atoms with E-state index >= 15 is 0 Å². The van der Waals surface area contributed by atoms with Crippen LogP contribution in [0.2, 0.25) is 19.6 Å². The number of halogens is 1. The quantitative estimate of drug-likeness (QED) is 0.385. The van der Waals surface area contributed by atoms with Gasteiger partial charge in [-0.1, -0.05) is 37.7 Å². The number of nitrogens with zero attached hydrogens (tertiary/aromatic N) is 1. The van der Waals surface area contributed by atoms with Gasteiger partial charge in [-0.3, -0.25) is 5.21 Å². The van der Waals surface area contributed by atoms with Gasteiger partial charge in [0.25, 0.3) is 0 Å². The van der Waals surface area contributed by atoms with Crippen molar-refractivity contribution >= 4 is 36.8 Å². The van der Waals surface area contributed by atoms with Crippen LogP contribution < -0.4 is 5.23 Å². The van der Waals surface area contributed by atoms with Crippen molar-refractivity contribution in [2.45, 2.75) is 19.6 Å². The molecule has 0 aliphatic rings. The number of para-hydroxylation sites is 1. The van der Waals surface area contributed by atoms with Crippen molar-refractivity contribution < 1.29 is 8.37 Å². The first kappa shape index (κ1) is 13.5. The fraction of sp³-hybridized carbons (Fsp3) is 0.273. The Balaban J connectivity index is 3.08. The molecule has 0 bridgehead atoms. The summed E-state index contributed by atoms with van der Waals surface area (Å²) in [5.74, 6) is 3.10. The fourth-order valence-electron chi connectivity index (χ4n) is 1.04. The van der Waals surface area contributed by atoms with Crippen molar-refractivity contribution in [1.29, 1.82) is 0 Å². The van der Waals surface area contributed by atoms with Gasteiger partial charge in [-0.05, 0) is 12.1 Å². The summed E-state index contributed by atoms with van der Waals surface area (Å²) in [6, 6.07) is 7.33. The molecule has 1 N–H and O–H groups in total. The van der Waals surface area contributed by atoms with Crippen LogP contribution in [0, 0.1) is 11.5 Å². The molecule has 0 aliphatic heterocycles. The van der Waals surface area contributed by atoms with Gasteiger partial charge in [0.2, 0.25) is 0 Å². The third kappa shape index (κ3) is 4.13. The molecule has 0 aliphatic carbocycles. The zero-order chi connectivity index (χ0) is 12.2. The third-order valence-electron chi connectivity index (χ3n) is 1.75. The number of hydrogen-bond donors (Lipinski definition) is 1. The van der Waals surface area contributed by atoms with Crippen molar-refractivity contribution in [2.75, 3.05) is 5.23 Å². The zero-order valence-corrected chi connectivity index (χ0v) is 12.6. The molecule has 0 unspecified atom stereocenters. The molecule has 1 rings (SSSR count). The van der Waals surface area contributed by atoms with Gasteiger partial charge in [0.15, 0.2) is 0 Å². The van der Waals surface area contributed by atoms with Gasteiger partial charge in [-0.2, -0.15) is 3.17 Å². The van der Waals surface area contributed by atoms with Crippen molar-refractivity contribution in [1.82, 2.24) is 0 Å². The van der Waals surface area contributed by atoms with E-state index in [1.807, 2.05) is 18.2 Å². The molecule has 0 aromatic heterocycles. The highest BCUT2D eigenvalue weighted by molar-refractivity contribution is 14.1. The first-order valence-electron chi connectivity index (χ1n) is 4.84. The molecule has 0 saturated heterocycles. The highest BCUT2D eigenvalue weighted by Gasteiger charge is 2.10. The van der Waals surface area contributed by atoms with Gasteiger partial charge >= 0.3 is 0 Å². The molecule has 0 spiro atoms. The number of hydrogen-bond acceptors (Lipinski definition) is 3. The van der Waals surface area contributed by atoms with E-state index in [-0.39, 0.29) is 0 Å². The summed E-state index contributed by atoms with van der Waals surface area (Å²) in [5.41, 5.74) is 4.58. The average Bonchev–Trinajstić information content (AvgIpc) is 2.25. The SMILES string of the molecule is C[Si](C)(C)C#Cc1ccccc1N(O)OI. The molecular formula is C11H14INO2Si. The van der Waals surface area contributed by atoms with Crippen LogP contribution in [0.3, 0.4) is 0 Å². The minimum atomic E-state index is -1.41. The second-order valence-corrected chi connectivity index (χ2v) is 9.50. The molecule has 86 valence electrons. The normalized spacial score (nSPS) is 10.6. The summed E-state index contributed by atoms with van der Waals surface area (Å²) in [5, 5.41) is 10.2. The third-order valence-corrected chi connectivity index (χ3v) is 3.00. The molecule has 0 saturated carbocycles. The first-order chi connectivity index (χ1) is 7.44. The van der Waals surface area contributed by atoms with E-state index in [0.29, 0.717) is 5.69 Å². The van der Waals surface area contributed by atoms with Crippen LogP contribution in [-0.2, 0) is 3.17 Å². The Morgan fingerprint density at radius 2 is 1.94 bits per heavy atom. The maximum absolute atomic E-state index is 9.49. The van der Waals surface area contributed by atoms with Gasteiger partial charge in [0.1, 0.15) is 36.8 Å². The standard InChI is InChI=1S/C11H14INO2Si/c1-16(2,3)9-8-10-6-4-5-7-11(10)13(14)15-12/h4-7,14H,1-3H3. The van der Waals surface area contributed by atoms with Crippen molar-refractivity contribution in [2.24, 2.45) is 0 Å². The monoisotopic (exact) mass is 347 g/mol. The highest BCUT2D eigenvalue weighted by Crippen LogP contribution is 2.19. The molecule has 0 fully saturated rings. The minimum absolute atomic E-state index is 0.558. The number of anilines is 1. The van der Waals surface area contributed by atoms with E-state index in [2.05, 4.69) is 31.1 Å². The smallest absolute Gasteiger partial charge is 0.148 e. The predicted octanol–water partition coefficient (Wildman–Crippen LogP) is 3.39. The topological polar surface area (TPSA) is 32.7 Å². The van der Waals surface area contributed by atoms with Crippen molar-refractivity contribution in [3.8, 4) is 11.5 Å². The van der Waals surface area contributed by atoms with Crippen LogP contribution in [0.4, 0.5) is 5.69 Å². The van der Waals surface area contributed by atoms with Crippen LogP contribution in [0.5, 0.6) is 0 Å². The Labute approximate surface area is 111 Å². The number of rotatable bonds is 2. The van der Waals surface area contributed by atoms with E-state index in [0.717, 1.165) is 10.8 Å². The summed E-state index contributed by atoms with van der Waals surface area (Å²) in [6.45, 7) is 6.52. The lowest BCUT2D eigenvalue weighted by Crippen LogP contribution is -2.17. The van der Waals surface area contributed by atoms with Gasteiger partial charge < -0.3 is 0 Å². The maximum Gasteiger partial charge on any atom is 0.148 e. The summed E-state index contributed by atoms with van der Waals surface area (Å²) >= 11 is 1.61. The van der Waals surface area contributed by atoms with Crippen LogP contribution in [0.25, 0.3) is 0 Å². The summed E-state index contributed by atoms with van der Waals surface area (Å²) in [7, 11) is -1.41. The van der Waals surface area contributed by atoms with Crippen LogP contribution in [-0.4, -0.2) is 13.3 Å². The van der Waals surface area contributed by atoms with Gasteiger partial charge in [0, 0.05) is 0 Å². The molecule has 1 aromatic rings. The Morgan fingerprint density at radius 1 is 1.31 bits per heavy atom. The Kier molecular flexibility index (Phi) is 4.80. The van der Waals surface area contributed by atoms with Crippen molar-refractivity contribution in [3.05, 3.63) is 29.8 Å². The van der Waals surface area contributed by atoms with Crippen LogP contribution in [0.1, 0.15) is 5.56 Å². The highest BCUT2D eigenvalue weighted by atomic mass is 127. The zero-order valence-electron chi connectivity index (χ0n) is 9.49. The number of benzene rings is 1. The van der Waals surface area contributed by atoms with E-state index in [1.165, 1.54) is 0 Å². The molecular weight excluding hydrogens is 333 g/mol. The lowest BCUT2D eigenvalue weighted by atomic mass is 10.2. The lowest BCUT2D eigenvalue weighted by molar-refractivity contribution is 0.0909. The van der Waals surface area contributed by atoms with Gasteiger partial charge in [-0.25, -0.2) is 0 Å². The summed E-state index contributed by atoms with van der Waals surface area (Å²) < 4.78 is 4.71. The lowest BCUT2D eigenvalue weighted by Gasteiger charge is -2.13. The average molecular weight is 347 g/mol. The van der Waals surface area contributed by atoms with Gasteiger partial charge in [-0.15, -0.1) is 10.8 Å². The van der Waals surface area contributed by atoms with Crippen LogP contribution in [0.15, 0.2) is 24.3 Å². The molecule has 5 heteroatoms. The molecule has 0 heterocycles. The maximum atomic E-state index is 9.49. The Bertz CT molecular complexity index is 420. The van der Waals surface area contributed by atoms with E-state index in [1.54, 1.807) is 29.1 Å². The molecule has 1 aromatic carbocycles. The summed E-state index contributed by atoms with van der Waals surface area (Å²) in [4.78, 5) is 0. The Hall–Kier alpha value is -0.553. The second-order valence-electron chi connectivity index (χ2n) is 4.36. The Morgan fingerprint density at radius 3 is 2.50 bits per heavy atom. The first-order valence-corrected chi connectivity index (χ1v) is 9.22. The molecule has 0 amide bonds. The second kappa shape index (κ2) is 5.68. The fourth-order valence-corrected chi connectivity index (χ4v) is 1.76. The predicted molar refractivity (Wildman–Crippen MR) is 76.0 cm³/mol. The van der Waals surface area contributed by atoms with Crippen molar-refractivity contribution in [3.63, 3.8) is 0 Å². The largest absolute Gasteiger partial charge is 0.263 e.